The zero-order valence-corrected chi connectivity index (χ0v) is 22.6. The van der Waals surface area contributed by atoms with E-state index in [-0.39, 0.29) is 76.0 Å². The van der Waals surface area contributed by atoms with E-state index in [4.69, 9.17) is 23.1 Å². The predicted molar refractivity (Wildman–Crippen MR) is 100 cm³/mol. The van der Waals surface area contributed by atoms with Crippen LogP contribution >= 0.6 is 11.6 Å². The van der Waals surface area contributed by atoms with Gasteiger partial charge in [-0.25, -0.2) is 0 Å². The second-order valence-electron chi connectivity index (χ2n) is 7.52. The minimum absolute atomic E-state index is 0. The van der Waals surface area contributed by atoms with Crippen LogP contribution in [0.25, 0.3) is 11.5 Å². The van der Waals surface area contributed by atoms with Crippen LogP contribution < -0.4 is 5.32 Å². The summed E-state index contributed by atoms with van der Waals surface area (Å²) in [4.78, 5) is 38.5. The maximum atomic E-state index is 13.0. The average molecular weight is 652 g/mol. The van der Waals surface area contributed by atoms with Crippen molar-refractivity contribution in [3.05, 3.63) is 40.3 Å². The molecule has 151 valence electrons. The van der Waals surface area contributed by atoms with Gasteiger partial charge in [-0.3, -0.25) is 9.59 Å². The number of carbonyl (C=O) groups is 3. The first-order valence-electron chi connectivity index (χ1n) is 8.40. The smallest absolute Gasteiger partial charge is 0.251 e. The fourth-order valence-electron chi connectivity index (χ4n) is 2.99. The van der Waals surface area contributed by atoms with E-state index >= 15 is 0 Å². The maximum Gasteiger partial charge on any atom is 0.251 e. The zero-order valence-electron chi connectivity index (χ0n) is 16.0. The van der Waals surface area contributed by atoms with Crippen LogP contribution in [0.5, 0.6) is 0 Å². The second kappa shape index (κ2) is 11.1. The normalized spacial score (nSPS) is 17.1. The molecule has 0 saturated carbocycles. The van der Waals surface area contributed by atoms with E-state index in [1.165, 1.54) is 23.1 Å². The fraction of sp³-hybridized carbons (Fsp3) is 0.500. The van der Waals surface area contributed by atoms with Crippen LogP contribution in [0.1, 0.15) is 44.0 Å². The first kappa shape index (κ1) is 27.5. The summed E-state index contributed by atoms with van der Waals surface area (Å²) in [6, 6.07) is 2.67. The number of carbonyl (C=O) groups excluding carboxylic acids is 3. The molecule has 1 aromatic carbocycles. The molecule has 0 spiro atoms. The quantitative estimate of drug-likeness (QED) is 0.536. The second-order valence-corrected chi connectivity index (χ2v) is 7.93. The molecule has 7 nitrogen and oxygen atoms in total. The van der Waals surface area contributed by atoms with E-state index in [9.17, 15) is 14.4 Å². The SMILES string of the molecule is CC(C)(C)[C@H](NC(=O)c1ccc([NH-])c(Cl)c1)C(=O)N1CCC[C@H]1C([NH-])=O.[W].[Y]. The number of nitrogens with one attached hydrogen (secondary N) is 3. The molecule has 0 bridgehead atoms. The summed E-state index contributed by atoms with van der Waals surface area (Å²) in [7, 11) is 0. The third-order valence-corrected chi connectivity index (χ3v) is 4.77. The molecule has 28 heavy (non-hydrogen) atoms. The Bertz CT molecular complexity index is 742. The van der Waals surface area contributed by atoms with Gasteiger partial charge in [0.15, 0.2) is 0 Å². The van der Waals surface area contributed by atoms with E-state index in [0.717, 1.165) is 0 Å². The third-order valence-electron chi connectivity index (χ3n) is 4.46. The summed E-state index contributed by atoms with van der Waals surface area (Å²) in [6.45, 7) is 5.87. The zero-order chi connectivity index (χ0) is 19.6. The number of nitrogens with zero attached hydrogens (tertiary/aromatic N) is 1. The minimum atomic E-state index is -0.857. The van der Waals surface area contributed by atoms with Crippen molar-refractivity contribution >= 4 is 35.0 Å². The molecule has 1 heterocycles. The van der Waals surface area contributed by atoms with Gasteiger partial charge in [0.25, 0.3) is 5.91 Å². The Labute approximate surface area is 209 Å². The standard InChI is InChI=1S/C18H25ClN4O3.W.Y/c1-18(2,3)14(17(26)23-8-4-5-13(23)15(21)24)22-16(25)10-6-7-12(20)11(19)9-10;;/h6-7,9,13-14H,4-5,8H2,1-3H3,(H5,20,21,22,24,25);;/p-2/t13-,14+;;/m0../s1. The first-order chi connectivity index (χ1) is 12.0. The molecule has 1 fully saturated rings. The summed E-state index contributed by atoms with van der Waals surface area (Å²) in [5.74, 6) is -1.63. The van der Waals surface area contributed by atoms with Crippen molar-refractivity contribution in [1.82, 2.24) is 10.2 Å². The van der Waals surface area contributed by atoms with Crippen LogP contribution in [0.3, 0.4) is 0 Å². The Morgan fingerprint density at radius 2 is 1.89 bits per heavy atom. The van der Waals surface area contributed by atoms with Crippen molar-refractivity contribution in [2.45, 2.75) is 45.7 Å². The van der Waals surface area contributed by atoms with Gasteiger partial charge >= 0.3 is 0 Å². The first-order valence-corrected chi connectivity index (χ1v) is 8.78. The van der Waals surface area contributed by atoms with Gasteiger partial charge in [-0.1, -0.05) is 44.5 Å². The van der Waals surface area contributed by atoms with Crippen LogP contribution in [-0.2, 0) is 63.4 Å². The maximum absolute atomic E-state index is 13.0. The molecule has 3 amide bonds. The van der Waals surface area contributed by atoms with E-state index in [2.05, 4.69) is 5.32 Å². The number of benzene rings is 1. The molecule has 1 aliphatic rings. The number of amides is 3. The van der Waals surface area contributed by atoms with Crippen molar-refractivity contribution in [3.63, 3.8) is 0 Å². The Morgan fingerprint density at radius 1 is 1.29 bits per heavy atom. The van der Waals surface area contributed by atoms with Gasteiger partial charge in [0.2, 0.25) is 5.91 Å². The molecule has 1 aliphatic heterocycles. The number of hydrogen-bond acceptors (Lipinski definition) is 3. The van der Waals surface area contributed by atoms with Gasteiger partial charge in [0, 0.05) is 70.9 Å². The molecule has 2 atom stereocenters. The summed E-state index contributed by atoms with van der Waals surface area (Å²) >= 11 is 5.90. The molecule has 0 aromatic heterocycles. The molecule has 0 unspecified atom stereocenters. The van der Waals surface area contributed by atoms with E-state index in [1.807, 2.05) is 20.8 Å². The van der Waals surface area contributed by atoms with Crippen LogP contribution in [0, 0.1) is 5.41 Å². The van der Waals surface area contributed by atoms with Crippen molar-refractivity contribution in [2.24, 2.45) is 5.41 Å². The van der Waals surface area contributed by atoms with Crippen molar-refractivity contribution in [2.75, 3.05) is 6.54 Å². The largest absolute Gasteiger partial charge is 0.698 e. The molecule has 1 aromatic rings. The van der Waals surface area contributed by atoms with Gasteiger partial charge in [-0.05, 0) is 24.3 Å². The Kier molecular flexibility index (Phi) is 10.9. The van der Waals surface area contributed by atoms with Crippen molar-refractivity contribution in [1.29, 1.82) is 0 Å². The molecular formula is C18H23ClN4O3WY-2. The summed E-state index contributed by atoms with van der Waals surface area (Å²) in [6.07, 6.45) is 1.13. The van der Waals surface area contributed by atoms with Gasteiger partial charge < -0.3 is 26.5 Å². The third kappa shape index (κ3) is 6.51. The van der Waals surface area contributed by atoms with Crippen molar-refractivity contribution < 1.29 is 68.2 Å². The fourth-order valence-corrected chi connectivity index (χ4v) is 3.17. The molecule has 3 N–H and O–H groups in total. The van der Waals surface area contributed by atoms with Gasteiger partial charge in [0.05, 0.1) is 11.9 Å². The molecule has 1 radical (unpaired) electrons. The van der Waals surface area contributed by atoms with Crippen molar-refractivity contribution in [3.8, 4) is 0 Å². The molecule has 10 heteroatoms. The van der Waals surface area contributed by atoms with Gasteiger partial charge in [-0.2, -0.15) is 0 Å². The number of halogens is 1. The van der Waals surface area contributed by atoms with E-state index < -0.39 is 29.3 Å². The predicted octanol–water partition coefficient (Wildman–Crippen LogP) is 3.73. The van der Waals surface area contributed by atoms with Crippen LogP contribution in [-0.4, -0.2) is 41.2 Å². The van der Waals surface area contributed by atoms with Gasteiger partial charge in [-0.15, -0.1) is 5.69 Å². The Hall–Kier alpha value is -0.488. The summed E-state index contributed by atoms with van der Waals surface area (Å²) < 4.78 is 0. The molecular weight excluding hydrogens is 628 g/mol. The number of likely N-dealkylation sites (tertiary alicyclic amines) is 1. The van der Waals surface area contributed by atoms with E-state index in [0.29, 0.717) is 19.4 Å². The summed E-state index contributed by atoms with van der Waals surface area (Å²) in [5.41, 5.74) is 14.7. The number of hydrogen-bond donors (Lipinski definition) is 1. The van der Waals surface area contributed by atoms with Gasteiger partial charge in [0.1, 0.15) is 6.04 Å². The molecule has 0 aliphatic carbocycles. The topological polar surface area (TPSA) is 114 Å². The molecule has 2 rings (SSSR count). The molecule has 1 saturated heterocycles. The van der Waals surface area contributed by atoms with E-state index in [1.54, 1.807) is 0 Å². The Balaban J connectivity index is 0.00000364. The number of rotatable bonds is 4. The monoisotopic (exact) mass is 651 g/mol. The minimum Gasteiger partial charge on any atom is -0.698 e. The van der Waals surface area contributed by atoms with Crippen LogP contribution in [0.15, 0.2) is 18.2 Å². The van der Waals surface area contributed by atoms with Crippen LogP contribution in [0.2, 0.25) is 5.02 Å². The van der Waals surface area contributed by atoms with Crippen LogP contribution in [0.4, 0.5) is 5.69 Å². The summed E-state index contributed by atoms with van der Waals surface area (Å²) in [5, 5.41) is 2.88. The Morgan fingerprint density at radius 3 is 2.39 bits per heavy atom. The average Bonchev–Trinajstić information content (AvgIpc) is 3.03.